The van der Waals surface area contributed by atoms with Crippen LogP contribution in [0.25, 0.3) is 0 Å². The molecule has 0 saturated heterocycles. The highest BCUT2D eigenvalue weighted by molar-refractivity contribution is 6.02. The van der Waals surface area contributed by atoms with Gasteiger partial charge >= 0.3 is 0 Å². The lowest BCUT2D eigenvalue weighted by Crippen LogP contribution is -2.44. The van der Waals surface area contributed by atoms with E-state index in [1.165, 1.54) is 0 Å². The Hall–Kier alpha value is -2.69. The first kappa shape index (κ1) is 14.3. The predicted molar refractivity (Wildman–Crippen MR) is 84.3 cm³/mol. The zero-order valence-electron chi connectivity index (χ0n) is 12.5. The Labute approximate surface area is 129 Å². The van der Waals surface area contributed by atoms with Crippen LogP contribution in [0.5, 0.6) is 11.5 Å². The van der Waals surface area contributed by atoms with Crippen LogP contribution in [-0.2, 0) is 0 Å². The fourth-order valence-electron chi connectivity index (χ4n) is 2.69. The van der Waals surface area contributed by atoms with Gasteiger partial charge < -0.3 is 20.1 Å². The molecule has 2 aromatic rings. The third kappa shape index (κ3) is 2.35. The summed E-state index contributed by atoms with van der Waals surface area (Å²) in [4.78, 5) is 14.3. The monoisotopic (exact) mass is 298 g/mol. The molecule has 1 atom stereocenters. The fraction of sp³-hybridized carbons (Fsp3) is 0.235. The van der Waals surface area contributed by atoms with E-state index in [1.54, 1.807) is 24.3 Å². The summed E-state index contributed by atoms with van der Waals surface area (Å²) in [6, 6.07) is 12.6. The number of rotatable bonds is 3. The Kier molecular flexibility index (Phi) is 3.63. The van der Waals surface area contributed by atoms with E-state index in [9.17, 15) is 9.90 Å². The van der Waals surface area contributed by atoms with Crippen molar-refractivity contribution in [2.75, 3.05) is 18.6 Å². The van der Waals surface area contributed by atoms with Gasteiger partial charge in [-0.25, -0.2) is 0 Å². The Morgan fingerprint density at radius 1 is 1.27 bits per heavy atom. The summed E-state index contributed by atoms with van der Waals surface area (Å²) in [6.07, 6.45) is -0.304. The van der Waals surface area contributed by atoms with Crippen LogP contribution in [0.15, 0.2) is 42.5 Å². The average Bonchev–Trinajstić information content (AvgIpc) is 2.53. The Bertz CT molecular complexity index is 715. The van der Waals surface area contributed by atoms with Crippen molar-refractivity contribution >= 4 is 11.6 Å². The minimum atomic E-state index is -0.304. The quantitative estimate of drug-likeness (QED) is 0.914. The number of aromatic hydroxyl groups is 1. The van der Waals surface area contributed by atoms with Crippen molar-refractivity contribution in [2.24, 2.45) is 0 Å². The molecular formula is C17H18N2O3. The summed E-state index contributed by atoms with van der Waals surface area (Å²) in [5.41, 5.74) is 2.39. The number of carbonyl (C=O) groups excluding carboxylic acids is 1. The molecule has 0 unspecified atom stereocenters. The van der Waals surface area contributed by atoms with Crippen LogP contribution in [-0.4, -0.2) is 24.7 Å². The normalized spacial score (nSPS) is 16.9. The number of hydrogen-bond acceptors (Lipinski definition) is 4. The van der Waals surface area contributed by atoms with Crippen LogP contribution in [0.2, 0.25) is 0 Å². The molecule has 0 saturated carbocycles. The molecule has 114 valence electrons. The van der Waals surface area contributed by atoms with Gasteiger partial charge in [-0.1, -0.05) is 18.2 Å². The van der Waals surface area contributed by atoms with Gasteiger partial charge in [-0.2, -0.15) is 0 Å². The lowest BCUT2D eigenvalue weighted by Gasteiger charge is -2.36. The number of para-hydroxylation sites is 1. The average molecular weight is 298 g/mol. The zero-order valence-corrected chi connectivity index (χ0v) is 12.5. The van der Waals surface area contributed by atoms with Gasteiger partial charge in [-0.15, -0.1) is 0 Å². The van der Waals surface area contributed by atoms with Crippen LogP contribution < -0.4 is 15.0 Å². The predicted octanol–water partition coefficient (Wildman–Crippen LogP) is 2.67. The van der Waals surface area contributed by atoms with Crippen molar-refractivity contribution in [1.29, 1.82) is 0 Å². The third-order valence-corrected chi connectivity index (χ3v) is 3.78. The van der Waals surface area contributed by atoms with E-state index in [4.69, 9.17) is 4.74 Å². The summed E-state index contributed by atoms with van der Waals surface area (Å²) >= 11 is 0. The summed E-state index contributed by atoms with van der Waals surface area (Å²) in [5, 5.41) is 12.8. The maximum atomic E-state index is 12.3. The molecule has 5 heteroatoms. The number of nitrogens with zero attached hydrogens (tertiary/aromatic N) is 1. The van der Waals surface area contributed by atoms with Crippen molar-refractivity contribution in [2.45, 2.75) is 13.1 Å². The van der Waals surface area contributed by atoms with E-state index in [1.807, 2.05) is 37.1 Å². The molecule has 1 amide bonds. The minimum Gasteiger partial charge on any atom is -0.504 e. The third-order valence-electron chi connectivity index (χ3n) is 3.78. The van der Waals surface area contributed by atoms with Gasteiger partial charge in [0.2, 0.25) is 0 Å². The minimum absolute atomic E-state index is 0.0933. The first-order valence-corrected chi connectivity index (χ1v) is 7.20. The smallest absolute Gasteiger partial charge is 0.255 e. The van der Waals surface area contributed by atoms with Gasteiger partial charge in [-0.3, -0.25) is 4.79 Å². The number of ether oxygens (including phenoxy) is 1. The largest absolute Gasteiger partial charge is 0.504 e. The molecule has 1 aliphatic rings. The lowest BCUT2D eigenvalue weighted by atomic mass is 10.0. The number of fused-ring (bicyclic) bond motifs is 1. The molecule has 0 fully saturated rings. The van der Waals surface area contributed by atoms with Crippen LogP contribution in [0.3, 0.4) is 0 Å². The number of amides is 1. The number of nitrogens with one attached hydrogen (secondary N) is 1. The molecule has 0 spiro atoms. The second kappa shape index (κ2) is 5.60. The molecule has 0 radical (unpaired) electrons. The molecule has 1 aliphatic heterocycles. The number of hydrogen-bond donors (Lipinski definition) is 2. The summed E-state index contributed by atoms with van der Waals surface area (Å²) < 4.78 is 5.42. The fourth-order valence-corrected chi connectivity index (χ4v) is 2.69. The molecular weight excluding hydrogens is 280 g/mol. The van der Waals surface area contributed by atoms with Gasteiger partial charge in [0.1, 0.15) is 6.17 Å². The van der Waals surface area contributed by atoms with Crippen LogP contribution in [0.1, 0.15) is 29.0 Å². The number of carbonyl (C=O) groups is 1. The number of benzene rings is 2. The summed E-state index contributed by atoms with van der Waals surface area (Å²) in [7, 11) is 1.93. The molecule has 3 rings (SSSR count). The van der Waals surface area contributed by atoms with Crippen molar-refractivity contribution in [3.8, 4) is 11.5 Å². The van der Waals surface area contributed by atoms with Gasteiger partial charge in [0.05, 0.1) is 17.9 Å². The van der Waals surface area contributed by atoms with Crippen molar-refractivity contribution in [3.05, 3.63) is 53.6 Å². The first-order chi connectivity index (χ1) is 10.6. The zero-order chi connectivity index (χ0) is 15.7. The van der Waals surface area contributed by atoms with Gasteiger partial charge in [0.25, 0.3) is 5.91 Å². The second-order valence-electron chi connectivity index (χ2n) is 5.16. The summed E-state index contributed by atoms with van der Waals surface area (Å²) in [5.74, 6) is 0.405. The van der Waals surface area contributed by atoms with Crippen LogP contribution in [0, 0.1) is 0 Å². The topological polar surface area (TPSA) is 61.8 Å². The highest BCUT2D eigenvalue weighted by atomic mass is 16.5. The highest BCUT2D eigenvalue weighted by Gasteiger charge is 2.29. The number of phenolic OH excluding ortho intramolecular Hbond substituents is 1. The Morgan fingerprint density at radius 3 is 2.82 bits per heavy atom. The molecule has 1 heterocycles. The van der Waals surface area contributed by atoms with E-state index >= 15 is 0 Å². The molecule has 2 aromatic carbocycles. The van der Waals surface area contributed by atoms with Gasteiger partial charge in [0, 0.05) is 7.05 Å². The Morgan fingerprint density at radius 2 is 2.05 bits per heavy atom. The molecule has 0 bridgehead atoms. The second-order valence-corrected chi connectivity index (χ2v) is 5.16. The summed E-state index contributed by atoms with van der Waals surface area (Å²) in [6.45, 7) is 2.32. The van der Waals surface area contributed by atoms with Crippen LogP contribution >= 0.6 is 0 Å². The van der Waals surface area contributed by atoms with Crippen LogP contribution in [0.4, 0.5) is 5.69 Å². The van der Waals surface area contributed by atoms with Crippen molar-refractivity contribution in [3.63, 3.8) is 0 Å². The SMILES string of the molecule is CCOc1cc([C@H]2NC(=O)c3ccccc3N2C)ccc1O. The highest BCUT2D eigenvalue weighted by Crippen LogP contribution is 2.35. The number of phenols is 1. The standard InChI is InChI=1S/C17H18N2O3/c1-3-22-15-10-11(8-9-14(15)20)16-18-17(21)12-6-4-5-7-13(12)19(16)2/h4-10,16,20H,3H2,1-2H3,(H,18,21)/t16-/m0/s1. The molecule has 22 heavy (non-hydrogen) atoms. The maximum absolute atomic E-state index is 12.3. The first-order valence-electron chi connectivity index (χ1n) is 7.20. The molecule has 0 aliphatic carbocycles. The van der Waals surface area contributed by atoms with E-state index in [0.29, 0.717) is 17.9 Å². The molecule has 2 N–H and O–H groups in total. The van der Waals surface area contributed by atoms with Gasteiger partial charge in [0.15, 0.2) is 11.5 Å². The van der Waals surface area contributed by atoms with E-state index in [-0.39, 0.29) is 17.8 Å². The van der Waals surface area contributed by atoms with Crippen molar-refractivity contribution in [1.82, 2.24) is 5.32 Å². The van der Waals surface area contributed by atoms with Gasteiger partial charge in [-0.05, 0) is 36.8 Å². The van der Waals surface area contributed by atoms with E-state index in [0.717, 1.165) is 11.3 Å². The van der Waals surface area contributed by atoms with E-state index in [2.05, 4.69) is 5.32 Å². The number of anilines is 1. The molecule has 0 aromatic heterocycles. The molecule has 5 nitrogen and oxygen atoms in total. The Balaban J connectivity index is 2.00. The van der Waals surface area contributed by atoms with E-state index < -0.39 is 0 Å². The van der Waals surface area contributed by atoms with Crippen molar-refractivity contribution < 1.29 is 14.6 Å². The lowest BCUT2D eigenvalue weighted by molar-refractivity contribution is 0.0928. The maximum Gasteiger partial charge on any atom is 0.255 e.